The number of benzene rings is 2. The van der Waals surface area contributed by atoms with Gasteiger partial charge in [0.25, 0.3) is 0 Å². The second-order valence-electron chi connectivity index (χ2n) is 8.83. The lowest BCUT2D eigenvalue weighted by Crippen LogP contribution is -2.50. The highest BCUT2D eigenvalue weighted by molar-refractivity contribution is 7.18. The van der Waals surface area contributed by atoms with Gasteiger partial charge in [-0.25, -0.2) is 9.83 Å². The van der Waals surface area contributed by atoms with E-state index in [0.717, 1.165) is 34.8 Å². The topological polar surface area (TPSA) is 67.0 Å². The van der Waals surface area contributed by atoms with Crippen LogP contribution in [0.4, 0.5) is 5.69 Å². The lowest BCUT2D eigenvalue weighted by molar-refractivity contribution is -0.147. The van der Waals surface area contributed by atoms with E-state index in [-0.39, 0.29) is 12.0 Å². The molecule has 2 heterocycles. The molecule has 1 aliphatic heterocycles. The van der Waals surface area contributed by atoms with E-state index in [4.69, 9.17) is 16.4 Å². The van der Waals surface area contributed by atoms with Gasteiger partial charge in [-0.1, -0.05) is 31.2 Å². The van der Waals surface area contributed by atoms with E-state index in [1.807, 2.05) is 38.2 Å². The summed E-state index contributed by atoms with van der Waals surface area (Å²) in [6, 6.07) is 12.1. The van der Waals surface area contributed by atoms with Gasteiger partial charge in [-0.05, 0) is 55.5 Å². The molecule has 0 saturated carbocycles. The summed E-state index contributed by atoms with van der Waals surface area (Å²) in [5.74, 6) is -0.315. The molecule has 34 heavy (non-hydrogen) atoms. The second-order valence-corrected chi connectivity index (χ2v) is 9.86. The number of rotatable bonds is 9. The molecule has 1 aliphatic rings. The van der Waals surface area contributed by atoms with Crippen molar-refractivity contribution in [2.75, 3.05) is 19.6 Å². The average Bonchev–Trinajstić information content (AvgIpc) is 3.27. The van der Waals surface area contributed by atoms with E-state index in [1.165, 1.54) is 16.7 Å². The summed E-state index contributed by atoms with van der Waals surface area (Å²) in [6.07, 6.45) is 3.75. The fraction of sp³-hybridized carbons (Fsp3) is 0.370. The van der Waals surface area contributed by atoms with Crippen LogP contribution in [-0.2, 0) is 17.6 Å². The van der Waals surface area contributed by atoms with Crippen LogP contribution in [0.3, 0.4) is 0 Å². The first-order chi connectivity index (χ1) is 16.4. The van der Waals surface area contributed by atoms with Gasteiger partial charge < -0.3 is 14.7 Å². The van der Waals surface area contributed by atoms with Crippen LogP contribution in [0.25, 0.3) is 25.9 Å². The molecule has 176 valence electrons. The molecule has 0 radical (unpaired) electrons. The van der Waals surface area contributed by atoms with Crippen LogP contribution in [0.15, 0.2) is 42.6 Å². The predicted octanol–water partition coefficient (Wildman–Crippen LogP) is 5.94. The molecule has 3 aromatic rings. The lowest BCUT2D eigenvalue weighted by atomic mass is 9.94. The van der Waals surface area contributed by atoms with E-state index in [9.17, 15) is 4.79 Å². The standard InChI is InChI=1S/C27H29N3O3S/c1-5-21-18(11-12-30-15-20(16-30)27(31)32)7-6-8-22(21)25-14-29-26(34-25)19-9-10-24(33-17(2)3)23(13-19)28-4/h6-10,13-14,17,20H,5,11-12,15-16H2,1-3H3,(H,31,32). The Morgan fingerprint density at radius 3 is 2.79 bits per heavy atom. The highest BCUT2D eigenvalue weighted by Crippen LogP contribution is 2.38. The predicted molar refractivity (Wildman–Crippen MR) is 136 cm³/mol. The highest BCUT2D eigenvalue weighted by atomic mass is 32.1. The number of carboxylic acid groups (broad SMARTS) is 1. The third-order valence-electron chi connectivity index (χ3n) is 6.09. The van der Waals surface area contributed by atoms with E-state index in [2.05, 4.69) is 39.9 Å². The zero-order valence-corrected chi connectivity index (χ0v) is 20.6. The van der Waals surface area contributed by atoms with Crippen molar-refractivity contribution in [3.8, 4) is 26.8 Å². The largest absolute Gasteiger partial charge is 0.502 e. The highest BCUT2D eigenvalue weighted by Gasteiger charge is 2.31. The molecule has 1 aromatic heterocycles. The number of aromatic nitrogens is 1. The van der Waals surface area contributed by atoms with Crippen molar-refractivity contribution in [3.63, 3.8) is 0 Å². The summed E-state index contributed by atoms with van der Waals surface area (Å²) in [5, 5.41) is 9.97. The van der Waals surface area contributed by atoms with Crippen LogP contribution in [0, 0.1) is 12.5 Å². The maximum absolute atomic E-state index is 11.1. The van der Waals surface area contributed by atoms with Gasteiger partial charge in [-0.2, -0.15) is 0 Å². The first-order valence-corrected chi connectivity index (χ1v) is 12.4. The van der Waals surface area contributed by atoms with Gasteiger partial charge in [0.1, 0.15) is 10.8 Å². The van der Waals surface area contributed by atoms with Crippen LogP contribution in [0.5, 0.6) is 5.75 Å². The Morgan fingerprint density at radius 1 is 1.32 bits per heavy atom. The summed E-state index contributed by atoms with van der Waals surface area (Å²) in [6.45, 7) is 15.7. The molecular weight excluding hydrogens is 446 g/mol. The molecule has 1 N–H and O–H groups in total. The number of thiazole rings is 1. The molecule has 1 fully saturated rings. The third-order valence-corrected chi connectivity index (χ3v) is 7.17. The summed E-state index contributed by atoms with van der Waals surface area (Å²) in [7, 11) is 0. The minimum absolute atomic E-state index is 0.0113. The minimum atomic E-state index is -0.695. The molecular formula is C27H29N3O3S. The van der Waals surface area contributed by atoms with Crippen molar-refractivity contribution < 1.29 is 14.6 Å². The summed E-state index contributed by atoms with van der Waals surface area (Å²) in [5.41, 5.74) is 5.23. The first-order valence-electron chi connectivity index (χ1n) is 11.6. The van der Waals surface area contributed by atoms with Gasteiger partial charge in [0.05, 0.1) is 23.5 Å². The molecule has 0 amide bonds. The summed E-state index contributed by atoms with van der Waals surface area (Å²) < 4.78 is 5.75. The Morgan fingerprint density at radius 2 is 2.12 bits per heavy atom. The molecule has 0 spiro atoms. The van der Waals surface area contributed by atoms with Crippen molar-refractivity contribution >= 4 is 23.0 Å². The van der Waals surface area contributed by atoms with Crippen LogP contribution in [0.1, 0.15) is 31.9 Å². The number of carboxylic acids is 1. The fourth-order valence-electron chi connectivity index (χ4n) is 4.33. The number of carbonyl (C=O) groups is 1. The van der Waals surface area contributed by atoms with E-state index in [0.29, 0.717) is 24.5 Å². The normalized spacial score (nSPS) is 14.1. The molecule has 1 saturated heterocycles. The van der Waals surface area contributed by atoms with Crippen molar-refractivity contribution in [2.45, 2.75) is 39.7 Å². The molecule has 6 nitrogen and oxygen atoms in total. The SMILES string of the molecule is [C-]#[N+]c1cc(-c2ncc(-c3cccc(CCN4CC(C(=O)O)C4)c3CC)s2)ccc1OC(C)C. The Balaban J connectivity index is 1.54. The molecule has 2 aromatic carbocycles. The van der Waals surface area contributed by atoms with Gasteiger partial charge >= 0.3 is 5.97 Å². The Labute approximate surface area is 204 Å². The maximum Gasteiger partial charge on any atom is 0.309 e. The van der Waals surface area contributed by atoms with E-state index in [1.54, 1.807) is 11.3 Å². The van der Waals surface area contributed by atoms with Crippen LogP contribution in [0.2, 0.25) is 0 Å². The van der Waals surface area contributed by atoms with Gasteiger partial charge in [0, 0.05) is 31.4 Å². The van der Waals surface area contributed by atoms with Crippen LogP contribution >= 0.6 is 11.3 Å². The number of ether oxygens (including phenoxy) is 1. The van der Waals surface area contributed by atoms with Gasteiger partial charge in [-0.15, -0.1) is 11.3 Å². The average molecular weight is 476 g/mol. The summed E-state index contributed by atoms with van der Waals surface area (Å²) in [4.78, 5) is 22.7. The molecule has 0 atom stereocenters. The van der Waals surface area contributed by atoms with E-state index < -0.39 is 5.97 Å². The molecule has 4 rings (SSSR count). The van der Waals surface area contributed by atoms with Crippen molar-refractivity contribution in [1.82, 2.24) is 9.88 Å². The fourth-order valence-corrected chi connectivity index (χ4v) is 5.29. The van der Waals surface area contributed by atoms with Gasteiger partial charge in [0.15, 0.2) is 0 Å². The number of hydrogen-bond donors (Lipinski definition) is 1. The molecule has 0 aliphatic carbocycles. The first kappa shape index (κ1) is 23.9. The van der Waals surface area contributed by atoms with Gasteiger partial charge in [0.2, 0.25) is 5.69 Å². The summed E-state index contributed by atoms with van der Waals surface area (Å²) >= 11 is 1.63. The zero-order valence-electron chi connectivity index (χ0n) is 19.7. The lowest BCUT2D eigenvalue weighted by Gasteiger charge is -2.36. The van der Waals surface area contributed by atoms with Crippen molar-refractivity contribution in [3.05, 3.63) is 65.1 Å². The minimum Gasteiger partial charge on any atom is -0.502 e. The van der Waals surface area contributed by atoms with Crippen molar-refractivity contribution in [2.24, 2.45) is 5.92 Å². The number of nitrogens with zero attached hydrogens (tertiary/aromatic N) is 3. The number of hydrogen-bond acceptors (Lipinski definition) is 5. The Bertz CT molecular complexity index is 1220. The second kappa shape index (κ2) is 10.4. The van der Waals surface area contributed by atoms with Crippen molar-refractivity contribution in [1.29, 1.82) is 0 Å². The molecule has 7 heteroatoms. The quantitative estimate of drug-likeness (QED) is 0.388. The van der Waals surface area contributed by atoms with Gasteiger partial charge in [-0.3, -0.25) is 4.79 Å². The van der Waals surface area contributed by atoms with E-state index >= 15 is 0 Å². The number of likely N-dealkylation sites (tertiary alicyclic amines) is 1. The zero-order chi connectivity index (χ0) is 24.2. The molecule has 0 bridgehead atoms. The van der Waals surface area contributed by atoms with Crippen LogP contribution < -0.4 is 4.74 Å². The monoisotopic (exact) mass is 475 g/mol. The third kappa shape index (κ3) is 5.14. The number of aliphatic carboxylic acids is 1. The van der Waals surface area contributed by atoms with Crippen LogP contribution in [-0.4, -0.2) is 46.7 Å². The molecule has 0 unspecified atom stereocenters. The Hall–Kier alpha value is -3.21. The smallest absolute Gasteiger partial charge is 0.309 e. The maximum atomic E-state index is 11.1. The Kier molecular flexibility index (Phi) is 7.30.